The Morgan fingerprint density at radius 3 is 2.63 bits per heavy atom. The van der Waals surface area contributed by atoms with E-state index in [0.717, 1.165) is 5.69 Å². The Labute approximate surface area is 183 Å². The molecule has 0 radical (unpaired) electrons. The predicted molar refractivity (Wildman–Crippen MR) is 118 cm³/mol. The van der Waals surface area contributed by atoms with E-state index in [1.807, 2.05) is 18.2 Å². The van der Waals surface area contributed by atoms with Crippen LogP contribution >= 0.6 is 15.9 Å². The smallest absolute Gasteiger partial charge is 0.261 e. The number of sulfonamides is 1. The highest BCUT2D eigenvalue weighted by Gasteiger charge is 2.17. The lowest BCUT2D eigenvalue weighted by Crippen LogP contribution is -2.26. The fourth-order valence-corrected chi connectivity index (χ4v) is 4.34. The zero-order valence-corrected chi connectivity index (χ0v) is 18.5. The first-order valence-electron chi connectivity index (χ1n) is 9.03. The highest BCUT2D eigenvalue weighted by molar-refractivity contribution is 9.10. The van der Waals surface area contributed by atoms with Crippen LogP contribution in [0.2, 0.25) is 0 Å². The van der Waals surface area contributed by atoms with Gasteiger partial charge in [0.05, 0.1) is 22.2 Å². The second kappa shape index (κ2) is 9.73. The van der Waals surface area contributed by atoms with Gasteiger partial charge in [-0.3, -0.25) is 14.5 Å². The van der Waals surface area contributed by atoms with E-state index >= 15 is 0 Å². The number of carbonyl (C=O) groups excluding carboxylic acids is 1. The average Bonchev–Trinajstić information content (AvgIpc) is 2.74. The Hall–Kier alpha value is -2.91. The van der Waals surface area contributed by atoms with Crippen molar-refractivity contribution in [1.29, 1.82) is 0 Å². The summed E-state index contributed by atoms with van der Waals surface area (Å²) in [5, 5.41) is 2.78. The zero-order valence-electron chi connectivity index (χ0n) is 16.1. The molecule has 0 saturated carbocycles. The van der Waals surface area contributed by atoms with Crippen LogP contribution in [-0.2, 0) is 16.4 Å². The van der Waals surface area contributed by atoms with Crippen LogP contribution in [0.4, 0.5) is 5.69 Å². The standard InChI is InChI=1S/C21H20BrN3O4S/c1-29-20-9-8-17(14-19(20)22)25-30(27,28)18-7-4-5-15(13-18)21(26)24-12-10-16-6-2-3-11-23-16/h2-9,11,13-14,25H,10,12H2,1H3,(H,24,26). The van der Waals surface area contributed by atoms with Crippen LogP contribution in [0.15, 0.2) is 76.2 Å². The first-order valence-corrected chi connectivity index (χ1v) is 11.3. The van der Waals surface area contributed by atoms with Gasteiger partial charge in [-0.2, -0.15) is 0 Å². The normalized spacial score (nSPS) is 11.0. The summed E-state index contributed by atoms with van der Waals surface area (Å²) in [6.45, 7) is 0.394. The van der Waals surface area contributed by atoms with Gasteiger partial charge in [0.2, 0.25) is 0 Å². The van der Waals surface area contributed by atoms with E-state index in [-0.39, 0.29) is 16.4 Å². The van der Waals surface area contributed by atoms with Gasteiger partial charge in [-0.25, -0.2) is 8.42 Å². The molecule has 1 heterocycles. The Morgan fingerprint density at radius 1 is 1.10 bits per heavy atom. The molecule has 1 amide bonds. The summed E-state index contributed by atoms with van der Waals surface area (Å²) in [4.78, 5) is 16.6. The number of amides is 1. The first kappa shape index (κ1) is 21.8. The topological polar surface area (TPSA) is 97.4 Å². The number of pyridine rings is 1. The van der Waals surface area contributed by atoms with Gasteiger partial charge in [0.25, 0.3) is 15.9 Å². The lowest BCUT2D eigenvalue weighted by molar-refractivity contribution is 0.0954. The maximum Gasteiger partial charge on any atom is 0.261 e. The summed E-state index contributed by atoms with van der Waals surface area (Å²) in [5.41, 5.74) is 1.49. The summed E-state index contributed by atoms with van der Waals surface area (Å²) >= 11 is 3.33. The molecule has 0 aliphatic heterocycles. The van der Waals surface area contributed by atoms with Crippen molar-refractivity contribution < 1.29 is 17.9 Å². The van der Waals surface area contributed by atoms with Crippen molar-refractivity contribution in [2.24, 2.45) is 0 Å². The van der Waals surface area contributed by atoms with Crippen molar-refractivity contribution in [2.45, 2.75) is 11.3 Å². The minimum atomic E-state index is -3.87. The molecule has 0 bridgehead atoms. The third kappa shape index (κ3) is 5.58. The number of methoxy groups -OCH3 is 1. The highest BCUT2D eigenvalue weighted by atomic mass is 79.9. The SMILES string of the molecule is COc1ccc(NS(=O)(=O)c2cccc(C(=O)NCCc3ccccn3)c2)cc1Br. The van der Waals surface area contributed by atoms with E-state index in [9.17, 15) is 13.2 Å². The van der Waals surface area contributed by atoms with Crippen LogP contribution in [0, 0.1) is 0 Å². The molecule has 0 atom stereocenters. The van der Waals surface area contributed by atoms with E-state index in [4.69, 9.17) is 4.74 Å². The Morgan fingerprint density at radius 2 is 1.93 bits per heavy atom. The fourth-order valence-electron chi connectivity index (χ4n) is 2.70. The number of rotatable bonds is 8. The van der Waals surface area contributed by atoms with Crippen LogP contribution in [0.3, 0.4) is 0 Å². The Bertz CT molecular complexity index is 1140. The van der Waals surface area contributed by atoms with Gasteiger partial charge in [-0.15, -0.1) is 0 Å². The van der Waals surface area contributed by atoms with Crippen LogP contribution in [0.5, 0.6) is 5.75 Å². The number of aromatic nitrogens is 1. The quantitative estimate of drug-likeness (QED) is 0.503. The predicted octanol–water partition coefficient (Wildman–Crippen LogP) is 3.63. The van der Waals surface area contributed by atoms with Crippen molar-refractivity contribution in [2.75, 3.05) is 18.4 Å². The molecule has 2 N–H and O–H groups in total. The number of anilines is 1. The number of nitrogens with one attached hydrogen (secondary N) is 2. The van der Waals surface area contributed by atoms with Crippen molar-refractivity contribution in [3.05, 3.63) is 82.6 Å². The number of hydrogen-bond donors (Lipinski definition) is 2. The monoisotopic (exact) mass is 489 g/mol. The Kier molecular flexibility index (Phi) is 7.07. The van der Waals surface area contributed by atoms with Gasteiger partial charge in [0.1, 0.15) is 5.75 Å². The minimum absolute atomic E-state index is 0.00758. The Balaban J connectivity index is 1.68. The lowest BCUT2D eigenvalue weighted by Gasteiger charge is -2.11. The molecule has 1 aromatic heterocycles. The van der Waals surface area contributed by atoms with Crippen LogP contribution in [-0.4, -0.2) is 33.0 Å². The number of benzene rings is 2. The third-order valence-corrected chi connectivity index (χ3v) is 6.20. The van der Waals surface area contributed by atoms with E-state index in [1.165, 1.54) is 25.3 Å². The van der Waals surface area contributed by atoms with Crippen molar-refractivity contribution >= 4 is 37.5 Å². The molecule has 2 aromatic carbocycles. The van der Waals surface area contributed by atoms with Gasteiger partial charge in [-0.05, 0) is 64.5 Å². The second-order valence-electron chi connectivity index (χ2n) is 6.31. The largest absolute Gasteiger partial charge is 0.496 e. The van der Waals surface area contributed by atoms with E-state index in [1.54, 1.807) is 30.5 Å². The number of ether oxygens (including phenoxy) is 1. The van der Waals surface area contributed by atoms with Gasteiger partial charge in [0.15, 0.2) is 0 Å². The molecule has 0 spiro atoms. The van der Waals surface area contributed by atoms with Gasteiger partial charge < -0.3 is 10.1 Å². The summed E-state index contributed by atoms with van der Waals surface area (Å²) in [6, 6.07) is 16.3. The summed E-state index contributed by atoms with van der Waals surface area (Å²) < 4.78 is 33.8. The van der Waals surface area contributed by atoms with Crippen LogP contribution in [0.1, 0.15) is 16.1 Å². The number of carbonyl (C=O) groups is 1. The molecular weight excluding hydrogens is 470 g/mol. The van der Waals surface area contributed by atoms with E-state index in [0.29, 0.717) is 28.9 Å². The fraction of sp³-hybridized carbons (Fsp3) is 0.143. The first-order chi connectivity index (χ1) is 14.4. The summed E-state index contributed by atoms with van der Waals surface area (Å²) in [6.07, 6.45) is 2.28. The second-order valence-corrected chi connectivity index (χ2v) is 8.85. The van der Waals surface area contributed by atoms with Crippen molar-refractivity contribution in [3.8, 4) is 5.75 Å². The molecule has 156 valence electrons. The molecule has 3 aromatic rings. The molecule has 0 aliphatic rings. The lowest BCUT2D eigenvalue weighted by atomic mass is 10.2. The third-order valence-electron chi connectivity index (χ3n) is 4.20. The molecule has 3 rings (SSSR count). The van der Waals surface area contributed by atoms with Crippen LogP contribution in [0.25, 0.3) is 0 Å². The molecular formula is C21H20BrN3O4S. The highest BCUT2D eigenvalue weighted by Crippen LogP contribution is 2.29. The van der Waals surface area contributed by atoms with Crippen molar-refractivity contribution in [1.82, 2.24) is 10.3 Å². The van der Waals surface area contributed by atoms with Gasteiger partial charge >= 0.3 is 0 Å². The molecule has 30 heavy (non-hydrogen) atoms. The molecule has 0 aliphatic carbocycles. The minimum Gasteiger partial charge on any atom is -0.496 e. The summed E-state index contributed by atoms with van der Waals surface area (Å²) in [7, 11) is -2.35. The average molecular weight is 490 g/mol. The maximum absolute atomic E-state index is 12.7. The van der Waals surface area contributed by atoms with E-state index < -0.39 is 10.0 Å². The van der Waals surface area contributed by atoms with Crippen molar-refractivity contribution in [3.63, 3.8) is 0 Å². The van der Waals surface area contributed by atoms with Gasteiger partial charge in [-0.1, -0.05) is 12.1 Å². The zero-order chi connectivity index (χ0) is 21.6. The number of halogens is 1. The van der Waals surface area contributed by atoms with E-state index in [2.05, 4.69) is 31.0 Å². The number of nitrogens with zero attached hydrogens (tertiary/aromatic N) is 1. The summed E-state index contributed by atoms with van der Waals surface area (Å²) in [5.74, 6) is 0.234. The molecule has 7 nitrogen and oxygen atoms in total. The molecule has 9 heteroatoms. The molecule has 0 fully saturated rings. The molecule has 0 unspecified atom stereocenters. The molecule has 0 saturated heterocycles. The number of hydrogen-bond acceptors (Lipinski definition) is 5. The van der Waals surface area contributed by atoms with Crippen LogP contribution < -0.4 is 14.8 Å². The van der Waals surface area contributed by atoms with Gasteiger partial charge in [0, 0.05) is 30.4 Å². The maximum atomic E-state index is 12.7.